The molecule has 1 saturated heterocycles. The molecule has 0 aromatic rings. The van der Waals surface area contributed by atoms with Gasteiger partial charge in [-0.25, -0.2) is 4.79 Å². The summed E-state index contributed by atoms with van der Waals surface area (Å²) in [6, 6.07) is -1.43. The molecule has 8 nitrogen and oxygen atoms in total. The van der Waals surface area contributed by atoms with Crippen molar-refractivity contribution in [2.24, 2.45) is 17.1 Å². The van der Waals surface area contributed by atoms with Crippen molar-refractivity contribution in [3.05, 3.63) is 0 Å². The topological polar surface area (TPSA) is 105 Å². The summed E-state index contributed by atoms with van der Waals surface area (Å²) in [5.74, 6) is -0.0200. The predicted octanol–water partition coefficient (Wildman–Crippen LogP) is 2.11. The predicted molar refractivity (Wildman–Crippen MR) is 116 cm³/mol. The third-order valence-corrected chi connectivity index (χ3v) is 6.22. The number of likely N-dealkylation sites (tertiary alicyclic amines) is 1. The highest BCUT2D eigenvalue weighted by molar-refractivity contribution is 5.91. The van der Waals surface area contributed by atoms with Crippen molar-refractivity contribution in [2.75, 3.05) is 13.6 Å². The molecule has 8 heteroatoms. The molecule has 3 unspecified atom stereocenters. The Kier molecular flexibility index (Phi) is 7.11. The maximum Gasteiger partial charge on any atom is 0.410 e. The average molecular weight is 425 g/mol. The van der Waals surface area contributed by atoms with Crippen molar-refractivity contribution in [3.8, 4) is 0 Å². The number of amides is 3. The van der Waals surface area contributed by atoms with Crippen LogP contribution in [0.2, 0.25) is 0 Å². The van der Waals surface area contributed by atoms with Gasteiger partial charge in [0.2, 0.25) is 11.8 Å². The van der Waals surface area contributed by atoms with E-state index >= 15 is 0 Å². The molecule has 2 rings (SSSR count). The second kappa shape index (κ2) is 8.73. The standard InChI is InChI=1S/C22H40N4O4/c1-13(25(8)20(29)30-22(5,6)7)18(27)24-17(21(2,3)4)19(28)26-12-11-14-9-10-15(23)16(14)26/h13-17H,9-12,23H2,1-8H3,(H,24,27)/t13-,14?,15?,16?,17+/m0/s1. The number of rotatable bonds is 4. The summed E-state index contributed by atoms with van der Waals surface area (Å²) in [6.45, 7) is 13.4. The Balaban J connectivity index is 2.12. The van der Waals surface area contributed by atoms with E-state index in [0.717, 1.165) is 19.3 Å². The maximum absolute atomic E-state index is 13.5. The summed E-state index contributed by atoms with van der Waals surface area (Å²) >= 11 is 0. The lowest BCUT2D eigenvalue weighted by Gasteiger charge is -2.37. The van der Waals surface area contributed by atoms with Gasteiger partial charge in [0, 0.05) is 25.7 Å². The van der Waals surface area contributed by atoms with Crippen LogP contribution in [0.15, 0.2) is 0 Å². The average Bonchev–Trinajstić information content (AvgIpc) is 3.18. The molecule has 1 saturated carbocycles. The first-order valence-electron chi connectivity index (χ1n) is 11.0. The molecule has 0 aromatic carbocycles. The van der Waals surface area contributed by atoms with E-state index in [2.05, 4.69) is 5.32 Å². The highest BCUT2D eigenvalue weighted by Crippen LogP contribution is 2.38. The molecule has 1 heterocycles. The molecule has 3 N–H and O–H groups in total. The summed E-state index contributed by atoms with van der Waals surface area (Å²) in [5, 5.41) is 2.91. The van der Waals surface area contributed by atoms with Gasteiger partial charge < -0.3 is 20.7 Å². The van der Waals surface area contributed by atoms with Gasteiger partial charge in [0.05, 0.1) is 0 Å². The van der Waals surface area contributed by atoms with E-state index in [1.165, 1.54) is 11.9 Å². The van der Waals surface area contributed by atoms with E-state index in [0.29, 0.717) is 12.5 Å². The molecule has 0 radical (unpaired) electrons. The number of likely N-dealkylation sites (N-methyl/N-ethyl adjacent to an activating group) is 1. The number of carbonyl (C=O) groups is 3. The quantitative estimate of drug-likeness (QED) is 0.719. The summed E-state index contributed by atoms with van der Waals surface area (Å²) in [6.07, 6.45) is 2.37. The van der Waals surface area contributed by atoms with Gasteiger partial charge in [0.25, 0.3) is 0 Å². The van der Waals surface area contributed by atoms with Gasteiger partial charge in [-0.2, -0.15) is 0 Å². The van der Waals surface area contributed by atoms with Crippen LogP contribution in [0, 0.1) is 11.3 Å². The van der Waals surface area contributed by atoms with Gasteiger partial charge in [-0.1, -0.05) is 20.8 Å². The van der Waals surface area contributed by atoms with Crippen molar-refractivity contribution in [2.45, 2.75) is 97.5 Å². The fourth-order valence-electron chi connectivity index (χ4n) is 4.35. The lowest BCUT2D eigenvalue weighted by Crippen LogP contribution is -2.60. The van der Waals surface area contributed by atoms with Gasteiger partial charge in [0.1, 0.15) is 17.7 Å². The van der Waals surface area contributed by atoms with E-state index < -0.39 is 29.2 Å². The SMILES string of the molecule is C[C@@H](C(=O)N[C@H](C(=O)N1CCC2CCC(N)C21)C(C)(C)C)N(C)C(=O)OC(C)(C)C. The lowest BCUT2D eigenvalue weighted by atomic mass is 9.85. The minimum absolute atomic E-state index is 0.00463. The van der Waals surface area contributed by atoms with Crippen LogP contribution in [0.5, 0.6) is 0 Å². The van der Waals surface area contributed by atoms with Crippen LogP contribution in [0.4, 0.5) is 4.79 Å². The Morgan fingerprint density at radius 2 is 1.70 bits per heavy atom. The van der Waals surface area contributed by atoms with Crippen molar-refractivity contribution in [1.29, 1.82) is 0 Å². The number of carbonyl (C=O) groups excluding carboxylic acids is 3. The Morgan fingerprint density at radius 1 is 1.10 bits per heavy atom. The van der Waals surface area contributed by atoms with Gasteiger partial charge in [-0.05, 0) is 58.3 Å². The lowest BCUT2D eigenvalue weighted by molar-refractivity contribution is -0.141. The highest BCUT2D eigenvalue weighted by Gasteiger charge is 2.48. The summed E-state index contributed by atoms with van der Waals surface area (Å²) < 4.78 is 5.35. The van der Waals surface area contributed by atoms with Crippen molar-refractivity contribution in [1.82, 2.24) is 15.1 Å². The van der Waals surface area contributed by atoms with Gasteiger partial charge in [0.15, 0.2) is 0 Å². The summed E-state index contributed by atoms with van der Waals surface area (Å²) in [5.41, 5.74) is 5.15. The molecular formula is C22H40N4O4. The molecule has 0 bridgehead atoms. The second-order valence-corrected chi connectivity index (χ2v) is 10.9. The van der Waals surface area contributed by atoms with E-state index in [9.17, 15) is 14.4 Å². The van der Waals surface area contributed by atoms with E-state index in [4.69, 9.17) is 10.5 Å². The Hall–Kier alpha value is -1.83. The first-order valence-corrected chi connectivity index (χ1v) is 11.0. The van der Waals surface area contributed by atoms with Crippen LogP contribution < -0.4 is 11.1 Å². The molecule has 5 atom stereocenters. The van der Waals surface area contributed by atoms with Crippen LogP contribution in [0.1, 0.15) is 67.7 Å². The van der Waals surface area contributed by atoms with E-state index in [1.54, 1.807) is 27.7 Å². The third kappa shape index (κ3) is 5.45. The number of nitrogens with two attached hydrogens (primary N) is 1. The molecule has 1 aliphatic heterocycles. The first-order chi connectivity index (χ1) is 13.6. The molecule has 3 amide bonds. The smallest absolute Gasteiger partial charge is 0.410 e. The van der Waals surface area contributed by atoms with Crippen LogP contribution in [-0.2, 0) is 14.3 Å². The molecule has 0 spiro atoms. The van der Waals surface area contributed by atoms with Crippen molar-refractivity contribution >= 4 is 17.9 Å². The molecule has 0 aromatic heterocycles. The molecule has 30 heavy (non-hydrogen) atoms. The Labute approximate surface area is 180 Å². The second-order valence-electron chi connectivity index (χ2n) is 10.9. The van der Waals surface area contributed by atoms with Crippen molar-refractivity contribution in [3.63, 3.8) is 0 Å². The molecule has 2 fully saturated rings. The molecular weight excluding hydrogens is 384 g/mol. The van der Waals surface area contributed by atoms with Gasteiger partial charge >= 0.3 is 6.09 Å². The number of hydrogen-bond acceptors (Lipinski definition) is 5. The number of nitrogens with zero attached hydrogens (tertiary/aromatic N) is 2. The maximum atomic E-state index is 13.5. The zero-order valence-corrected chi connectivity index (χ0v) is 19.8. The normalized spacial score (nSPS) is 26.0. The molecule has 2 aliphatic rings. The van der Waals surface area contributed by atoms with Gasteiger partial charge in [-0.15, -0.1) is 0 Å². The summed E-state index contributed by atoms with van der Waals surface area (Å²) in [7, 11) is 1.52. The van der Waals surface area contributed by atoms with E-state index in [1.807, 2.05) is 25.7 Å². The number of ether oxygens (including phenoxy) is 1. The number of hydrogen-bond donors (Lipinski definition) is 2. The fraction of sp³-hybridized carbons (Fsp3) is 0.864. The first kappa shape index (κ1) is 24.4. The fourth-order valence-corrected chi connectivity index (χ4v) is 4.35. The minimum atomic E-state index is -0.780. The molecule has 1 aliphatic carbocycles. The van der Waals surface area contributed by atoms with E-state index in [-0.39, 0.29) is 23.9 Å². The Morgan fingerprint density at radius 3 is 2.23 bits per heavy atom. The number of fused-ring (bicyclic) bond motifs is 1. The minimum Gasteiger partial charge on any atom is -0.444 e. The monoisotopic (exact) mass is 424 g/mol. The summed E-state index contributed by atoms with van der Waals surface area (Å²) in [4.78, 5) is 41.9. The highest BCUT2D eigenvalue weighted by atomic mass is 16.6. The third-order valence-electron chi connectivity index (χ3n) is 6.22. The zero-order valence-electron chi connectivity index (χ0n) is 19.8. The van der Waals surface area contributed by atoms with Crippen LogP contribution >= 0.6 is 0 Å². The van der Waals surface area contributed by atoms with Gasteiger partial charge in [-0.3, -0.25) is 14.5 Å². The Bertz CT molecular complexity index is 667. The van der Waals surface area contributed by atoms with Crippen LogP contribution in [0.25, 0.3) is 0 Å². The zero-order chi connectivity index (χ0) is 23.0. The van der Waals surface area contributed by atoms with Crippen molar-refractivity contribution < 1.29 is 19.1 Å². The number of nitrogens with one attached hydrogen (secondary N) is 1. The van der Waals surface area contributed by atoms with Crippen LogP contribution in [-0.4, -0.2) is 71.1 Å². The van der Waals surface area contributed by atoms with Crippen LogP contribution in [0.3, 0.4) is 0 Å². The largest absolute Gasteiger partial charge is 0.444 e. The molecule has 172 valence electrons.